The molecule has 3 rings (SSSR count). The number of methoxy groups -OCH3 is 1. The fourth-order valence-electron chi connectivity index (χ4n) is 3.41. The van der Waals surface area contributed by atoms with Gasteiger partial charge in [0.2, 0.25) is 5.91 Å². The number of aromatic nitrogens is 2. The van der Waals surface area contributed by atoms with E-state index in [9.17, 15) is 9.59 Å². The highest BCUT2D eigenvalue weighted by Crippen LogP contribution is 2.26. The van der Waals surface area contributed by atoms with Crippen LogP contribution in [0.25, 0.3) is 0 Å². The van der Waals surface area contributed by atoms with Crippen molar-refractivity contribution in [3.05, 3.63) is 45.9 Å². The molecule has 0 spiro atoms. The Hall–Kier alpha value is -2.03. The number of hydrogen-bond acceptors (Lipinski definition) is 6. The molecule has 1 saturated carbocycles. The number of ether oxygens (including phenoxy) is 1. The third-order valence-corrected chi connectivity index (χ3v) is 5.58. The zero-order chi connectivity index (χ0) is 19.9. The Labute approximate surface area is 173 Å². The van der Waals surface area contributed by atoms with Gasteiger partial charge in [-0.3, -0.25) is 9.59 Å². The number of nitrogens with zero attached hydrogens (tertiary/aromatic N) is 3. The maximum Gasteiger partial charge on any atom is 0.276 e. The second kappa shape index (κ2) is 9.95. The molecule has 9 heteroatoms. The molecule has 1 unspecified atom stereocenters. The van der Waals surface area contributed by atoms with Crippen LogP contribution in [0.3, 0.4) is 0 Å². The van der Waals surface area contributed by atoms with E-state index in [1.807, 2.05) is 0 Å². The normalized spacial score (nSPS) is 15.4. The smallest absolute Gasteiger partial charge is 0.276 e. The molecule has 1 N–H and O–H groups in total. The van der Waals surface area contributed by atoms with E-state index in [0.29, 0.717) is 17.2 Å². The molecule has 0 aliphatic heterocycles. The molecule has 2 aromatic rings. The number of carbonyl (C=O) groups excluding carboxylic acids is 2. The van der Waals surface area contributed by atoms with Crippen molar-refractivity contribution in [2.45, 2.75) is 37.8 Å². The molecule has 7 nitrogen and oxygen atoms in total. The van der Waals surface area contributed by atoms with E-state index in [-0.39, 0.29) is 30.1 Å². The molecule has 0 bridgehead atoms. The van der Waals surface area contributed by atoms with Crippen molar-refractivity contribution in [3.8, 4) is 0 Å². The lowest BCUT2D eigenvalue weighted by atomic mass is 10.0. The predicted molar refractivity (Wildman–Crippen MR) is 107 cm³/mol. The summed E-state index contributed by atoms with van der Waals surface area (Å²) in [5.41, 5.74) is 0.904. The average Bonchev–Trinajstić information content (AvgIpc) is 3.39. The summed E-state index contributed by atoms with van der Waals surface area (Å²) in [4.78, 5) is 27.8. The van der Waals surface area contributed by atoms with Crippen molar-refractivity contribution in [2.24, 2.45) is 0 Å². The van der Waals surface area contributed by atoms with Crippen LogP contribution in [0.1, 0.15) is 47.8 Å². The first-order chi connectivity index (χ1) is 13.6. The molecule has 1 atom stereocenters. The molecule has 1 aromatic heterocycles. The van der Waals surface area contributed by atoms with Gasteiger partial charge in [-0.05, 0) is 42.1 Å². The van der Waals surface area contributed by atoms with Crippen molar-refractivity contribution in [1.82, 2.24) is 19.8 Å². The standard InChI is InChI=1S/C19H23ClN4O3S/c1-27-11-10-24(19(26)16-12-28-23-22-16)17(13-6-8-14(20)9-7-13)18(25)21-15-4-2-3-5-15/h6-9,12,15,17H,2-5,10-11H2,1H3,(H,21,25). The predicted octanol–water partition coefficient (Wildman–Crippen LogP) is 3.08. The van der Waals surface area contributed by atoms with Gasteiger partial charge >= 0.3 is 0 Å². The average molecular weight is 423 g/mol. The second-order valence-electron chi connectivity index (χ2n) is 6.73. The van der Waals surface area contributed by atoms with Crippen LogP contribution in [-0.4, -0.2) is 52.6 Å². The minimum absolute atomic E-state index is 0.141. The Balaban J connectivity index is 1.93. The van der Waals surface area contributed by atoms with E-state index in [1.165, 1.54) is 4.90 Å². The van der Waals surface area contributed by atoms with E-state index in [2.05, 4.69) is 14.9 Å². The summed E-state index contributed by atoms with van der Waals surface area (Å²) in [7, 11) is 1.56. The summed E-state index contributed by atoms with van der Waals surface area (Å²) in [6, 6.07) is 6.32. The number of benzene rings is 1. The van der Waals surface area contributed by atoms with Gasteiger partial charge < -0.3 is 15.0 Å². The summed E-state index contributed by atoms with van der Waals surface area (Å²) in [6.07, 6.45) is 4.13. The fraction of sp³-hybridized carbons (Fsp3) is 0.474. The van der Waals surface area contributed by atoms with Gasteiger partial charge in [0.15, 0.2) is 5.69 Å². The Morgan fingerprint density at radius 2 is 2.04 bits per heavy atom. The number of nitrogens with one attached hydrogen (secondary N) is 1. The lowest BCUT2D eigenvalue weighted by molar-refractivity contribution is -0.126. The van der Waals surface area contributed by atoms with Gasteiger partial charge in [-0.1, -0.05) is 41.1 Å². The van der Waals surface area contributed by atoms with Gasteiger partial charge in [-0.2, -0.15) is 0 Å². The van der Waals surface area contributed by atoms with Crippen LogP contribution in [0.5, 0.6) is 0 Å². The van der Waals surface area contributed by atoms with Gasteiger partial charge in [-0.15, -0.1) is 5.10 Å². The zero-order valence-corrected chi connectivity index (χ0v) is 17.2. The van der Waals surface area contributed by atoms with Crippen LogP contribution in [0.2, 0.25) is 5.02 Å². The number of halogens is 1. The number of hydrogen-bond donors (Lipinski definition) is 1. The molecule has 150 valence electrons. The first-order valence-corrected chi connectivity index (χ1v) is 10.4. The fourth-order valence-corrected chi connectivity index (χ4v) is 3.97. The van der Waals surface area contributed by atoms with E-state index in [1.54, 1.807) is 36.8 Å². The third kappa shape index (κ3) is 5.06. The monoisotopic (exact) mass is 422 g/mol. The second-order valence-corrected chi connectivity index (χ2v) is 7.77. The van der Waals surface area contributed by atoms with E-state index < -0.39 is 6.04 Å². The summed E-state index contributed by atoms with van der Waals surface area (Å²) in [5.74, 6) is -0.561. The lowest BCUT2D eigenvalue weighted by Crippen LogP contribution is -2.47. The Morgan fingerprint density at radius 3 is 2.64 bits per heavy atom. The molecule has 2 amide bonds. The molecule has 1 fully saturated rings. The lowest BCUT2D eigenvalue weighted by Gasteiger charge is -2.31. The van der Waals surface area contributed by atoms with Crippen molar-refractivity contribution in [2.75, 3.05) is 20.3 Å². The highest BCUT2D eigenvalue weighted by atomic mass is 35.5. The highest BCUT2D eigenvalue weighted by molar-refractivity contribution is 7.03. The molecule has 0 saturated heterocycles. The summed E-state index contributed by atoms with van der Waals surface area (Å²) in [5, 5.41) is 9.14. The van der Waals surface area contributed by atoms with Crippen LogP contribution in [0.4, 0.5) is 0 Å². The number of carbonyl (C=O) groups is 2. The molecule has 1 aliphatic carbocycles. The first kappa shape index (κ1) is 20.7. The molecular formula is C19H23ClN4O3S. The van der Waals surface area contributed by atoms with E-state index >= 15 is 0 Å². The van der Waals surface area contributed by atoms with Crippen LogP contribution in [-0.2, 0) is 9.53 Å². The van der Waals surface area contributed by atoms with Gasteiger partial charge in [0.05, 0.1) is 6.61 Å². The highest BCUT2D eigenvalue weighted by Gasteiger charge is 2.34. The molecule has 28 heavy (non-hydrogen) atoms. The number of rotatable bonds is 8. The van der Waals surface area contributed by atoms with Gasteiger partial charge in [0.25, 0.3) is 5.91 Å². The Morgan fingerprint density at radius 1 is 1.32 bits per heavy atom. The van der Waals surface area contributed by atoms with E-state index in [4.69, 9.17) is 16.3 Å². The van der Waals surface area contributed by atoms with Crippen molar-refractivity contribution in [1.29, 1.82) is 0 Å². The van der Waals surface area contributed by atoms with E-state index in [0.717, 1.165) is 37.2 Å². The Bertz CT molecular complexity index is 779. The third-order valence-electron chi connectivity index (χ3n) is 4.82. The van der Waals surface area contributed by atoms with Crippen LogP contribution in [0.15, 0.2) is 29.6 Å². The largest absolute Gasteiger partial charge is 0.383 e. The molecular weight excluding hydrogens is 400 g/mol. The maximum absolute atomic E-state index is 13.3. The summed E-state index contributed by atoms with van der Waals surface area (Å²) < 4.78 is 8.95. The van der Waals surface area contributed by atoms with Crippen LogP contribution < -0.4 is 5.32 Å². The van der Waals surface area contributed by atoms with Crippen molar-refractivity contribution in [3.63, 3.8) is 0 Å². The Kier molecular flexibility index (Phi) is 7.36. The van der Waals surface area contributed by atoms with Crippen LogP contribution in [0, 0.1) is 0 Å². The van der Waals surface area contributed by atoms with Gasteiger partial charge in [0, 0.05) is 30.1 Å². The molecule has 1 aromatic carbocycles. The van der Waals surface area contributed by atoms with Gasteiger partial charge in [0.1, 0.15) is 6.04 Å². The zero-order valence-electron chi connectivity index (χ0n) is 15.6. The minimum atomic E-state index is -0.804. The molecule has 1 heterocycles. The van der Waals surface area contributed by atoms with Crippen LogP contribution >= 0.6 is 23.1 Å². The van der Waals surface area contributed by atoms with Crippen molar-refractivity contribution >= 4 is 34.9 Å². The SMILES string of the molecule is COCCN(C(=O)c1csnn1)C(C(=O)NC1CCCC1)c1ccc(Cl)cc1. The number of amides is 2. The minimum Gasteiger partial charge on any atom is -0.383 e. The summed E-state index contributed by atoms with van der Waals surface area (Å²) in [6.45, 7) is 0.544. The quantitative estimate of drug-likeness (QED) is 0.706. The van der Waals surface area contributed by atoms with Crippen molar-refractivity contribution < 1.29 is 14.3 Å². The summed E-state index contributed by atoms with van der Waals surface area (Å²) >= 11 is 7.12. The first-order valence-electron chi connectivity index (χ1n) is 9.23. The molecule has 0 radical (unpaired) electrons. The topological polar surface area (TPSA) is 84.4 Å². The maximum atomic E-state index is 13.3. The molecule has 1 aliphatic rings. The van der Waals surface area contributed by atoms with Gasteiger partial charge in [-0.25, -0.2) is 0 Å².